The molecule has 1 fully saturated rings. The van der Waals surface area contributed by atoms with Gasteiger partial charge in [0.1, 0.15) is 5.82 Å². The number of rotatable bonds is 3. The largest absolute Gasteiger partial charge is 0.338 e. The standard InChI is InChI=1S/C24H26N6O/c1-16(2)21-26-27-22-19-10-6-7-11-20(19)25-24(30(21)22)29-14-12-28(13-15-29)23(31)18-9-5-4-8-17(18)3/h4-11,16H,12-15H2,1-3H3. The molecule has 31 heavy (non-hydrogen) atoms. The van der Waals surface area contributed by atoms with Crippen LogP contribution in [0.15, 0.2) is 48.5 Å². The highest BCUT2D eigenvalue weighted by atomic mass is 16.2. The van der Waals surface area contributed by atoms with Crippen LogP contribution in [0.1, 0.15) is 41.5 Å². The molecule has 2 aromatic carbocycles. The Kier molecular flexibility index (Phi) is 4.81. The van der Waals surface area contributed by atoms with Gasteiger partial charge in [0.25, 0.3) is 5.91 Å². The molecule has 0 aliphatic carbocycles. The van der Waals surface area contributed by atoms with Crippen LogP contribution in [0.2, 0.25) is 0 Å². The zero-order valence-electron chi connectivity index (χ0n) is 18.1. The van der Waals surface area contributed by atoms with E-state index in [1.807, 2.05) is 60.4 Å². The fraction of sp³-hybridized carbons (Fsp3) is 0.333. The Morgan fingerprint density at radius 3 is 2.39 bits per heavy atom. The van der Waals surface area contributed by atoms with Crippen LogP contribution in [-0.2, 0) is 0 Å². The summed E-state index contributed by atoms with van der Waals surface area (Å²) in [7, 11) is 0. The van der Waals surface area contributed by atoms with Crippen molar-refractivity contribution in [3.05, 3.63) is 65.5 Å². The maximum atomic E-state index is 13.0. The van der Waals surface area contributed by atoms with Crippen molar-refractivity contribution in [1.29, 1.82) is 0 Å². The van der Waals surface area contributed by atoms with Gasteiger partial charge < -0.3 is 9.80 Å². The van der Waals surface area contributed by atoms with Gasteiger partial charge in [0.15, 0.2) is 5.65 Å². The van der Waals surface area contributed by atoms with E-state index in [-0.39, 0.29) is 11.8 Å². The lowest BCUT2D eigenvalue weighted by molar-refractivity contribution is 0.0745. The molecule has 0 atom stereocenters. The van der Waals surface area contributed by atoms with Gasteiger partial charge in [-0.15, -0.1) is 10.2 Å². The predicted molar refractivity (Wildman–Crippen MR) is 122 cm³/mol. The molecule has 1 aliphatic rings. The second kappa shape index (κ2) is 7.65. The molecule has 0 bridgehead atoms. The number of amides is 1. The summed E-state index contributed by atoms with van der Waals surface area (Å²) in [5, 5.41) is 9.97. The van der Waals surface area contributed by atoms with Gasteiger partial charge in [0.2, 0.25) is 5.95 Å². The first-order valence-electron chi connectivity index (χ1n) is 10.8. The van der Waals surface area contributed by atoms with E-state index in [1.165, 1.54) is 0 Å². The SMILES string of the molecule is Cc1ccccc1C(=O)N1CCN(c2nc3ccccc3c3nnc(C(C)C)n23)CC1. The van der Waals surface area contributed by atoms with Crippen molar-refractivity contribution < 1.29 is 4.79 Å². The topological polar surface area (TPSA) is 66.6 Å². The molecule has 1 amide bonds. The third-order valence-electron chi connectivity index (χ3n) is 6.00. The summed E-state index contributed by atoms with van der Waals surface area (Å²) >= 11 is 0. The van der Waals surface area contributed by atoms with Crippen molar-refractivity contribution in [2.45, 2.75) is 26.7 Å². The average Bonchev–Trinajstić information content (AvgIpc) is 3.24. The molecule has 0 spiro atoms. The summed E-state index contributed by atoms with van der Waals surface area (Å²) in [5.41, 5.74) is 3.54. The van der Waals surface area contributed by atoms with E-state index in [2.05, 4.69) is 33.3 Å². The number of aryl methyl sites for hydroxylation is 1. The van der Waals surface area contributed by atoms with Gasteiger partial charge in [-0.1, -0.05) is 44.2 Å². The second-order valence-corrected chi connectivity index (χ2v) is 8.40. The van der Waals surface area contributed by atoms with Crippen molar-refractivity contribution >= 4 is 28.4 Å². The fourth-order valence-corrected chi connectivity index (χ4v) is 4.26. The number of para-hydroxylation sites is 1. The highest BCUT2D eigenvalue weighted by Crippen LogP contribution is 2.27. The lowest BCUT2D eigenvalue weighted by atomic mass is 10.1. The highest BCUT2D eigenvalue weighted by Gasteiger charge is 2.27. The lowest BCUT2D eigenvalue weighted by Crippen LogP contribution is -2.49. The van der Waals surface area contributed by atoms with E-state index in [4.69, 9.17) is 4.98 Å². The third kappa shape index (κ3) is 3.30. The number of aromatic nitrogens is 4. The molecule has 1 aliphatic heterocycles. The first-order chi connectivity index (χ1) is 15.0. The molecule has 158 valence electrons. The molecule has 0 saturated carbocycles. The number of benzene rings is 2. The third-order valence-corrected chi connectivity index (χ3v) is 6.00. The van der Waals surface area contributed by atoms with Crippen molar-refractivity contribution in [1.82, 2.24) is 24.5 Å². The van der Waals surface area contributed by atoms with Crippen molar-refractivity contribution in [2.24, 2.45) is 0 Å². The van der Waals surface area contributed by atoms with Crippen LogP contribution in [0.4, 0.5) is 5.95 Å². The lowest BCUT2D eigenvalue weighted by Gasteiger charge is -2.36. The minimum Gasteiger partial charge on any atom is -0.338 e. The van der Waals surface area contributed by atoms with Gasteiger partial charge in [-0.25, -0.2) is 9.38 Å². The summed E-state index contributed by atoms with van der Waals surface area (Å²) in [6.07, 6.45) is 0. The van der Waals surface area contributed by atoms with Gasteiger partial charge in [0, 0.05) is 43.0 Å². The number of hydrogen-bond acceptors (Lipinski definition) is 5. The Morgan fingerprint density at radius 1 is 0.935 bits per heavy atom. The Hall–Kier alpha value is -3.48. The van der Waals surface area contributed by atoms with Crippen LogP contribution in [0.3, 0.4) is 0 Å². The molecule has 7 nitrogen and oxygen atoms in total. The highest BCUT2D eigenvalue weighted by molar-refractivity contribution is 5.96. The van der Waals surface area contributed by atoms with Crippen LogP contribution in [0.25, 0.3) is 16.6 Å². The number of hydrogen-bond donors (Lipinski definition) is 0. The normalized spacial score (nSPS) is 14.7. The van der Waals surface area contributed by atoms with Gasteiger partial charge in [-0.05, 0) is 30.7 Å². The van der Waals surface area contributed by atoms with Crippen LogP contribution >= 0.6 is 0 Å². The maximum absolute atomic E-state index is 13.0. The number of carbonyl (C=O) groups is 1. The number of carbonyl (C=O) groups excluding carboxylic acids is 1. The molecule has 0 radical (unpaired) electrons. The zero-order valence-corrected chi connectivity index (χ0v) is 18.1. The Bertz CT molecular complexity index is 1270. The van der Waals surface area contributed by atoms with E-state index in [0.717, 1.165) is 39.4 Å². The van der Waals surface area contributed by atoms with Gasteiger partial charge in [-0.3, -0.25) is 4.79 Å². The summed E-state index contributed by atoms with van der Waals surface area (Å²) in [5.74, 6) is 2.08. The van der Waals surface area contributed by atoms with Crippen LogP contribution in [0, 0.1) is 6.92 Å². The summed E-state index contributed by atoms with van der Waals surface area (Å²) in [6.45, 7) is 8.97. The smallest absolute Gasteiger partial charge is 0.254 e. The number of nitrogens with zero attached hydrogens (tertiary/aromatic N) is 6. The number of anilines is 1. The molecule has 2 aromatic heterocycles. The molecule has 4 aromatic rings. The average molecular weight is 415 g/mol. The fourth-order valence-electron chi connectivity index (χ4n) is 4.26. The van der Waals surface area contributed by atoms with E-state index < -0.39 is 0 Å². The van der Waals surface area contributed by atoms with E-state index in [1.54, 1.807) is 0 Å². The molecule has 0 N–H and O–H groups in total. The second-order valence-electron chi connectivity index (χ2n) is 8.40. The summed E-state index contributed by atoms with van der Waals surface area (Å²) < 4.78 is 2.09. The van der Waals surface area contributed by atoms with Gasteiger partial charge in [-0.2, -0.15) is 0 Å². The predicted octanol–water partition coefficient (Wildman–Crippen LogP) is 3.67. The Balaban J connectivity index is 1.48. The number of fused-ring (bicyclic) bond motifs is 3. The van der Waals surface area contributed by atoms with E-state index in [0.29, 0.717) is 26.2 Å². The first kappa shape index (κ1) is 19.5. The molecular formula is C24H26N6O. The van der Waals surface area contributed by atoms with Crippen molar-refractivity contribution in [2.75, 3.05) is 31.1 Å². The van der Waals surface area contributed by atoms with Gasteiger partial charge in [0.05, 0.1) is 5.52 Å². The van der Waals surface area contributed by atoms with Crippen LogP contribution < -0.4 is 4.90 Å². The zero-order chi connectivity index (χ0) is 21.5. The van der Waals surface area contributed by atoms with Crippen molar-refractivity contribution in [3.63, 3.8) is 0 Å². The molecule has 1 saturated heterocycles. The molecular weight excluding hydrogens is 388 g/mol. The summed E-state index contributed by atoms with van der Waals surface area (Å²) in [6, 6.07) is 15.8. The monoisotopic (exact) mass is 414 g/mol. The molecule has 3 heterocycles. The Labute approximate surface area is 181 Å². The first-order valence-corrected chi connectivity index (χ1v) is 10.8. The van der Waals surface area contributed by atoms with Crippen LogP contribution in [0.5, 0.6) is 0 Å². The van der Waals surface area contributed by atoms with E-state index in [9.17, 15) is 4.79 Å². The molecule has 0 unspecified atom stereocenters. The quantitative estimate of drug-likeness (QED) is 0.512. The molecule has 7 heteroatoms. The van der Waals surface area contributed by atoms with E-state index >= 15 is 0 Å². The molecule has 5 rings (SSSR count). The Morgan fingerprint density at radius 2 is 1.65 bits per heavy atom. The summed E-state index contributed by atoms with van der Waals surface area (Å²) in [4.78, 5) is 22.2. The van der Waals surface area contributed by atoms with Crippen LogP contribution in [-0.4, -0.2) is 56.6 Å². The maximum Gasteiger partial charge on any atom is 0.254 e. The minimum absolute atomic E-state index is 0.0986. The minimum atomic E-state index is 0.0986. The number of piperazine rings is 1. The van der Waals surface area contributed by atoms with Crippen molar-refractivity contribution in [3.8, 4) is 0 Å². The van der Waals surface area contributed by atoms with Gasteiger partial charge >= 0.3 is 0 Å².